The third-order valence-corrected chi connectivity index (χ3v) is 3.55. The lowest BCUT2D eigenvalue weighted by molar-refractivity contribution is -0.120. The fourth-order valence-corrected chi connectivity index (χ4v) is 1.83. The average molecular weight is 262 g/mol. The van der Waals surface area contributed by atoms with Crippen molar-refractivity contribution < 1.29 is 4.79 Å². The van der Waals surface area contributed by atoms with Crippen molar-refractivity contribution in [1.29, 1.82) is 0 Å². The van der Waals surface area contributed by atoms with E-state index in [9.17, 15) is 4.79 Å². The highest BCUT2D eigenvalue weighted by Crippen LogP contribution is 2.26. The van der Waals surface area contributed by atoms with E-state index in [1.165, 1.54) is 0 Å². The standard InChI is InChI=1S/C16H26N2O/c1-5-7-12-18(14-10-8-9-11-17-14)15(19)13-16(3,4)6-2/h8-11H,5-7,12-13H2,1-4H3. The van der Waals surface area contributed by atoms with E-state index in [2.05, 4.69) is 32.7 Å². The second-order valence-electron chi connectivity index (χ2n) is 5.78. The molecular formula is C16H26N2O. The molecule has 0 saturated heterocycles. The van der Waals surface area contributed by atoms with E-state index >= 15 is 0 Å². The molecule has 0 saturated carbocycles. The lowest BCUT2D eigenvalue weighted by atomic mass is 9.86. The maximum atomic E-state index is 12.5. The monoisotopic (exact) mass is 262 g/mol. The third kappa shape index (κ3) is 5.01. The van der Waals surface area contributed by atoms with Crippen LogP contribution in [0.25, 0.3) is 0 Å². The first kappa shape index (κ1) is 15.7. The average Bonchev–Trinajstić information content (AvgIpc) is 2.40. The predicted octanol–water partition coefficient (Wildman–Crippen LogP) is 4.04. The highest BCUT2D eigenvalue weighted by atomic mass is 16.2. The van der Waals surface area contributed by atoms with E-state index in [1.54, 1.807) is 6.20 Å². The van der Waals surface area contributed by atoms with Crippen LogP contribution in [0.3, 0.4) is 0 Å². The summed E-state index contributed by atoms with van der Waals surface area (Å²) >= 11 is 0. The molecule has 0 aromatic carbocycles. The molecule has 0 aliphatic rings. The molecule has 0 bridgehead atoms. The van der Waals surface area contributed by atoms with Crippen LogP contribution < -0.4 is 4.90 Å². The Morgan fingerprint density at radius 1 is 1.32 bits per heavy atom. The fraction of sp³-hybridized carbons (Fsp3) is 0.625. The SMILES string of the molecule is CCCCN(C(=O)CC(C)(C)CC)c1ccccn1. The van der Waals surface area contributed by atoms with Gasteiger partial charge in [0.25, 0.3) is 0 Å². The highest BCUT2D eigenvalue weighted by Gasteiger charge is 2.24. The number of anilines is 1. The maximum Gasteiger partial charge on any atom is 0.228 e. The molecule has 0 atom stereocenters. The molecule has 0 fully saturated rings. The Bertz CT molecular complexity index is 387. The van der Waals surface area contributed by atoms with Crippen LogP contribution in [0.4, 0.5) is 5.82 Å². The summed E-state index contributed by atoms with van der Waals surface area (Å²) in [7, 11) is 0. The van der Waals surface area contributed by atoms with Gasteiger partial charge >= 0.3 is 0 Å². The largest absolute Gasteiger partial charge is 0.297 e. The van der Waals surface area contributed by atoms with Crippen molar-refractivity contribution in [1.82, 2.24) is 4.98 Å². The Labute approximate surface area is 117 Å². The molecule has 0 N–H and O–H groups in total. The number of rotatable bonds is 7. The number of nitrogens with zero attached hydrogens (tertiary/aromatic N) is 2. The van der Waals surface area contributed by atoms with Gasteiger partial charge in [-0.05, 0) is 24.0 Å². The van der Waals surface area contributed by atoms with E-state index < -0.39 is 0 Å². The van der Waals surface area contributed by atoms with Gasteiger partial charge in [-0.3, -0.25) is 9.69 Å². The summed E-state index contributed by atoms with van der Waals surface area (Å²) in [6, 6.07) is 5.72. The Kier molecular flexibility index (Phi) is 6.00. The molecule has 19 heavy (non-hydrogen) atoms. The van der Waals surface area contributed by atoms with Gasteiger partial charge < -0.3 is 0 Å². The van der Waals surface area contributed by atoms with E-state index in [-0.39, 0.29) is 11.3 Å². The van der Waals surface area contributed by atoms with E-state index in [0.717, 1.165) is 31.6 Å². The van der Waals surface area contributed by atoms with Crippen molar-refractivity contribution in [2.24, 2.45) is 5.41 Å². The van der Waals surface area contributed by atoms with Gasteiger partial charge in [0, 0.05) is 19.2 Å². The van der Waals surface area contributed by atoms with Gasteiger partial charge in [-0.25, -0.2) is 4.98 Å². The third-order valence-electron chi connectivity index (χ3n) is 3.55. The van der Waals surface area contributed by atoms with Crippen LogP contribution in [-0.4, -0.2) is 17.4 Å². The summed E-state index contributed by atoms with van der Waals surface area (Å²) in [6.45, 7) is 9.30. The van der Waals surface area contributed by atoms with Crippen LogP contribution >= 0.6 is 0 Å². The lowest BCUT2D eigenvalue weighted by Gasteiger charge is -2.27. The molecule has 0 aliphatic heterocycles. The summed E-state index contributed by atoms with van der Waals surface area (Å²) in [4.78, 5) is 18.7. The molecular weight excluding hydrogens is 236 g/mol. The highest BCUT2D eigenvalue weighted by molar-refractivity contribution is 5.92. The number of hydrogen-bond donors (Lipinski definition) is 0. The first-order valence-electron chi connectivity index (χ1n) is 7.21. The van der Waals surface area contributed by atoms with E-state index in [0.29, 0.717) is 6.42 Å². The minimum absolute atomic E-state index is 0.0519. The van der Waals surface area contributed by atoms with E-state index in [4.69, 9.17) is 0 Å². The zero-order valence-corrected chi connectivity index (χ0v) is 12.6. The van der Waals surface area contributed by atoms with Crippen LogP contribution in [0, 0.1) is 5.41 Å². The Balaban J connectivity index is 2.82. The van der Waals surface area contributed by atoms with Crippen LogP contribution in [0.1, 0.15) is 53.4 Å². The van der Waals surface area contributed by atoms with Crippen molar-refractivity contribution in [3.8, 4) is 0 Å². The maximum absolute atomic E-state index is 12.5. The second-order valence-corrected chi connectivity index (χ2v) is 5.78. The number of pyridine rings is 1. The van der Waals surface area contributed by atoms with Crippen molar-refractivity contribution in [3.63, 3.8) is 0 Å². The smallest absolute Gasteiger partial charge is 0.228 e. The molecule has 0 aliphatic carbocycles. The first-order chi connectivity index (χ1) is 9.00. The summed E-state index contributed by atoms with van der Waals surface area (Å²) in [6.07, 6.45) is 5.40. The molecule has 1 amide bonds. The van der Waals surface area contributed by atoms with Gasteiger partial charge in [0.1, 0.15) is 5.82 Å². The Morgan fingerprint density at radius 2 is 2.05 bits per heavy atom. The van der Waals surface area contributed by atoms with Crippen LogP contribution in [-0.2, 0) is 4.79 Å². The Morgan fingerprint density at radius 3 is 2.58 bits per heavy atom. The lowest BCUT2D eigenvalue weighted by Crippen LogP contribution is -2.35. The fourth-order valence-electron chi connectivity index (χ4n) is 1.83. The molecule has 3 heteroatoms. The molecule has 0 spiro atoms. The van der Waals surface area contributed by atoms with Crippen molar-refractivity contribution in [2.75, 3.05) is 11.4 Å². The van der Waals surface area contributed by atoms with Crippen LogP contribution in [0.15, 0.2) is 24.4 Å². The number of amides is 1. The number of aromatic nitrogens is 1. The predicted molar refractivity (Wildman–Crippen MR) is 80.2 cm³/mol. The molecule has 3 nitrogen and oxygen atoms in total. The topological polar surface area (TPSA) is 33.2 Å². The zero-order valence-electron chi connectivity index (χ0n) is 12.6. The summed E-state index contributed by atoms with van der Waals surface area (Å²) in [5.74, 6) is 0.951. The summed E-state index contributed by atoms with van der Waals surface area (Å²) < 4.78 is 0. The zero-order chi connectivity index (χ0) is 14.3. The van der Waals surface area contributed by atoms with Gasteiger partial charge in [-0.15, -0.1) is 0 Å². The minimum atomic E-state index is 0.0519. The second kappa shape index (κ2) is 7.27. The van der Waals surface area contributed by atoms with Crippen molar-refractivity contribution >= 4 is 11.7 Å². The van der Waals surface area contributed by atoms with Crippen LogP contribution in [0.5, 0.6) is 0 Å². The molecule has 106 valence electrons. The molecule has 1 rings (SSSR count). The first-order valence-corrected chi connectivity index (χ1v) is 7.21. The number of hydrogen-bond acceptors (Lipinski definition) is 2. The molecule has 1 aromatic rings. The number of unbranched alkanes of at least 4 members (excludes halogenated alkanes) is 1. The summed E-state index contributed by atoms with van der Waals surface area (Å²) in [5.41, 5.74) is 0.0519. The van der Waals surface area contributed by atoms with Crippen molar-refractivity contribution in [2.45, 2.75) is 53.4 Å². The number of carbonyl (C=O) groups is 1. The normalized spacial score (nSPS) is 11.4. The minimum Gasteiger partial charge on any atom is -0.297 e. The molecule has 1 aromatic heterocycles. The Hall–Kier alpha value is -1.38. The van der Waals surface area contributed by atoms with Gasteiger partial charge in [0.05, 0.1) is 0 Å². The van der Waals surface area contributed by atoms with Gasteiger partial charge in [0.15, 0.2) is 0 Å². The van der Waals surface area contributed by atoms with Gasteiger partial charge in [0.2, 0.25) is 5.91 Å². The quantitative estimate of drug-likeness (QED) is 0.743. The number of carbonyl (C=O) groups excluding carboxylic acids is 1. The van der Waals surface area contributed by atoms with Crippen LogP contribution in [0.2, 0.25) is 0 Å². The van der Waals surface area contributed by atoms with Crippen molar-refractivity contribution in [3.05, 3.63) is 24.4 Å². The van der Waals surface area contributed by atoms with Gasteiger partial charge in [-0.1, -0.05) is 46.6 Å². The van der Waals surface area contributed by atoms with E-state index in [1.807, 2.05) is 23.1 Å². The molecule has 0 radical (unpaired) electrons. The summed E-state index contributed by atoms with van der Waals surface area (Å²) in [5, 5.41) is 0. The molecule has 0 unspecified atom stereocenters. The molecule has 1 heterocycles. The van der Waals surface area contributed by atoms with Gasteiger partial charge in [-0.2, -0.15) is 0 Å².